The SMILES string of the molecule is CC(C)(C)[Si](C)(C)OC(CBr)c1ccc(OCc2ccccc2)c(NS(C)(=O)=O)c1. The molecule has 2 aromatic carbocycles. The van der Waals surface area contributed by atoms with Crippen LogP contribution in [0.3, 0.4) is 0 Å². The van der Waals surface area contributed by atoms with Crippen LogP contribution < -0.4 is 9.46 Å². The van der Waals surface area contributed by atoms with Crippen LogP contribution in [-0.2, 0) is 21.1 Å². The molecular formula is C22H32BrNO4SSi. The third kappa shape index (κ3) is 7.11. The van der Waals surface area contributed by atoms with Gasteiger partial charge >= 0.3 is 0 Å². The lowest BCUT2D eigenvalue weighted by Gasteiger charge is -2.39. The van der Waals surface area contributed by atoms with Gasteiger partial charge in [0.05, 0.1) is 18.0 Å². The lowest BCUT2D eigenvalue weighted by molar-refractivity contribution is 0.208. The van der Waals surface area contributed by atoms with Crippen LogP contribution >= 0.6 is 15.9 Å². The number of alkyl halides is 1. The van der Waals surface area contributed by atoms with Crippen LogP contribution in [0.25, 0.3) is 0 Å². The molecule has 30 heavy (non-hydrogen) atoms. The van der Waals surface area contributed by atoms with Crippen LogP contribution in [0.5, 0.6) is 5.75 Å². The highest BCUT2D eigenvalue weighted by Gasteiger charge is 2.39. The molecule has 0 aliphatic rings. The van der Waals surface area contributed by atoms with E-state index in [4.69, 9.17) is 9.16 Å². The molecule has 0 saturated carbocycles. The average Bonchev–Trinajstić information content (AvgIpc) is 2.63. The molecule has 1 N–H and O–H groups in total. The molecule has 0 spiro atoms. The summed E-state index contributed by atoms with van der Waals surface area (Å²) in [4.78, 5) is 0. The summed E-state index contributed by atoms with van der Waals surface area (Å²) in [5.41, 5.74) is 2.32. The Morgan fingerprint density at radius 2 is 1.73 bits per heavy atom. The predicted octanol–water partition coefficient (Wildman–Crippen LogP) is 6.09. The summed E-state index contributed by atoms with van der Waals surface area (Å²) in [5, 5.41) is 0.683. The van der Waals surface area contributed by atoms with E-state index in [9.17, 15) is 8.42 Å². The molecule has 1 atom stereocenters. The molecule has 0 aliphatic carbocycles. The van der Waals surface area contributed by atoms with Crippen LogP contribution in [0.4, 0.5) is 5.69 Å². The number of hydrogen-bond acceptors (Lipinski definition) is 4. The topological polar surface area (TPSA) is 64.6 Å². The first kappa shape index (κ1) is 24.9. The number of ether oxygens (including phenoxy) is 1. The minimum Gasteiger partial charge on any atom is -0.487 e. The average molecular weight is 515 g/mol. The molecule has 0 bridgehead atoms. The van der Waals surface area contributed by atoms with E-state index in [0.29, 0.717) is 23.4 Å². The van der Waals surface area contributed by atoms with Crippen LogP contribution in [0.1, 0.15) is 38.0 Å². The highest BCUT2D eigenvalue weighted by atomic mass is 79.9. The fraction of sp³-hybridized carbons (Fsp3) is 0.455. The quantitative estimate of drug-likeness (QED) is 0.325. The van der Waals surface area contributed by atoms with Gasteiger partial charge in [-0.15, -0.1) is 0 Å². The number of sulfonamides is 1. The first-order chi connectivity index (χ1) is 13.8. The van der Waals surface area contributed by atoms with Crippen molar-refractivity contribution in [3.8, 4) is 5.75 Å². The molecule has 0 amide bonds. The zero-order valence-electron chi connectivity index (χ0n) is 18.5. The standard InChI is InChI=1S/C22H32BrNO4SSi/c1-22(2,3)30(5,6)28-21(15-23)18-12-13-20(19(14-18)24-29(4,25)26)27-16-17-10-8-7-9-11-17/h7-14,21,24H,15-16H2,1-6H3. The highest BCUT2D eigenvalue weighted by Crippen LogP contribution is 2.41. The first-order valence-electron chi connectivity index (χ1n) is 9.84. The van der Waals surface area contributed by atoms with Crippen molar-refractivity contribution in [2.24, 2.45) is 0 Å². The van der Waals surface area contributed by atoms with E-state index in [2.05, 4.69) is 54.5 Å². The van der Waals surface area contributed by atoms with E-state index in [1.54, 1.807) is 12.1 Å². The monoisotopic (exact) mass is 513 g/mol. The second-order valence-corrected chi connectivity index (χ2v) is 16.1. The zero-order chi connectivity index (χ0) is 22.6. The van der Waals surface area contributed by atoms with E-state index in [0.717, 1.165) is 17.4 Å². The van der Waals surface area contributed by atoms with Crippen molar-refractivity contribution in [1.29, 1.82) is 0 Å². The Labute approximate surface area is 190 Å². The second-order valence-electron chi connectivity index (χ2n) is 8.93. The Morgan fingerprint density at radius 3 is 2.27 bits per heavy atom. The van der Waals surface area contributed by atoms with Gasteiger partial charge in [0.25, 0.3) is 0 Å². The number of anilines is 1. The predicted molar refractivity (Wildman–Crippen MR) is 130 cm³/mol. The Bertz CT molecular complexity index is 943. The Morgan fingerprint density at radius 1 is 1.10 bits per heavy atom. The molecule has 0 heterocycles. The van der Waals surface area contributed by atoms with Crippen molar-refractivity contribution in [2.75, 3.05) is 16.3 Å². The van der Waals surface area contributed by atoms with Gasteiger partial charge in [0.15, 0.2) is 8.32 Å². The smallest absolute Gasteiger partial charge is 0.229 e. The summed E-state index contributed by atoms with van der Waals surface area (Å²) >= 11 is 3.57. The molecule has 2 rings (SSSR count). The van der Waals surface area contributed by atoms with Gasteiger partial charge in [-0.3, -0.25) is 4.72 Å². The maximum absolute atomic E-state index is 11.9. The molecular weight excluding hydrogens is 482 g/mol. The minimum absolute atomic E-state index is 0.0694. The van der Waals surface area contributed by atoms with Gasteiger partial charge in [-0.25, -0.2) is 8.42 Å². The molecule has 0 saturated heterocycles. The lowest BCUT2D eigenvalue weighted by Crippen LogP contribution is -2.42. The van der Waals surface area contributed by atoms with Gasteiger partial charge in [0.1, 0.15) is 12.4 Å². The molecule has 0 aliphatic heterocycles. The summed E-state index contributed by atoms with van der Waals surface area (Å²) in [7, 11) is -5.47. The van der Waals surface area contributed by atoms with Gasteiger partial charge in [0.2, 0.25) is 10.0 Å². The van der Waals surface area contributed by atoms with E-state index in [1.807, 2.05) is 36.4 Å². The Hall–Kier alpha value is -1.35. The van der Waals surface area contributed by atoms with E-state index < -0.39 is 18.3 Å². The molecule has 5 nitrogen and oxygen atoms in total. The van der Waals surface area contributed by atoms with Gasteiger partial charge in [-0.1, -0.05) is 73.1 Å². The van der Waals surface area contributed by atoms with Gasteiger partial charge in [-0.05, 0) is 41.4 Å². The van der Waals surface area contributed by atoms with E-state index >= 15 is 0 Å². The van der Waals surface area contributed by atoms with E-state index in [-0.39, 0.29) is 11.1 Å². The van der Waals surface area contributed by atoms with Gasteiger partial charge < -0.3 is 9.16 Å². The molecule has 0 aromatic heterocycles. The Balaban J connectivity index is 2.33. The summed E-state index contributed by atoms with van der Waals surface area (Å²) < 4.78 is 38.9. The summed E-state index contributed by atoms with van der Waals surface area (Å²) in [5.74, 6) is 0.480. The maximum atomic E-state index is 11.9. The van der Waals surface area contributed by atoms with Crippen molar-refractivity contribution < 1.29 is 17.6 Å². The summed E-state index contributed by atoms with van der Waals surface area (Å²) in [6, 6.07) is 15.3. The molecule has 0 radical (unpaired) electrons. The third-order valence-corrected chi connectivity index (χ3v) is 11.0. The lowest BCUT2D eigenvalue weighted by atomic mass is 10.1. The highest BCUT2D eigenvalue weighted by molar-refractivity contribution is 9.09. The summed E-state index contributed by atoms with van der Waals surface area (Å²) in [6.45, 7) is 11.3. The maximum Gasteiger partial charge on any atom is 0.229 e. The molecule has 8 heteroatoms. The van der Waals surface area contributed by atoms with Crippen LogP contribution in [0.15, 0.2) is 48.5 Å². The van der Waals surface area contributed by atoms with Crippen molar-refractivity contribution in [3.05, 3.63) is 59.7 Å². The summed E-state index contributed by atoms with van der Waals surface area (Å²) in [6.07, 6.45) is 0.948. The minimum atomic E-state index is -3.46. The number of rotatable bonds is 9. The molecule has 166 valence electrons. The third-order valence-electron chi connectivity index (χ3n) is 5.29. The number of nitrogens with one attached hydrogen (secondary N) is 1. The number of hydrogen-bond donors (Lipinski definition) is 1. The van der Waals surface area contributed by atoms with Crippen molar-refractivity contribution in [3.63, 3.8) is 0 Å². The number of halogens is 1. The number of benzene rings is 2. The van der Waals surface area contributed by atoms with Crippen molar-refractivity contribution in [1.82, 2.24) is 0 Å². The molecule has 0 fully saturated rings. The normalized spacial score (nSPS) is 13.7. The van der Waals surface area contributed by atoms with Crippen LogP contribution in [0, 0.1) is 0 Å². The van der Waals surface area contributed by atoms with Crippen LogP contribution in [-0.4, -0.2) is 28.3 Å². The molecule has 2 aromatic rings. The fourth-order valence-electron chi connectivity index (χ4n) is 2.61. The van der Waals surface area contributed by atoms with Gasteiger partial charge in [-0.2, -0.15) is 0 Å². The zero-order valence-corrected chi connectivity index (χ0v) is 21.9. The second kappa shape index (κ2) is 9.85. The fourth-order valence-corrected chi connectivity index (χ4v) is 5.20. The molecule has 1 unspecified atom stereocenters. The van der Waals surface area contributed by atoms with Crippen molar-refractivity contribution in [2.45, 2.75) is 51.6 Å². The largest absolute Gasteiger partial charge is 0.487 e. The first-order valence-corrected chi connectivity index (χ1v) is 15.8. The van der Waals surface area contributed by atoms with Gasteiger partial charge in [0, 0.05) is 5.33 Å². The van der Waals surface area contributed by atoms with Crippen LogP contribution in [0.2, 0.25) is 18.1 Å². The van der Waals surface area contributed by atoms with E-state index in [1.165, 1.54) is 0 Å². The Kier molecular flexibility index (Phi) is 8.18. The van der Waals surface area contributed by atoms with Crippen molar-refractivity contribution >= 4 is 40.0 Å².